The van der Waals surface area contributed by atoms with Gasteiger partial charge in [0.2, 0.25) is 11.8 Å². The Hall–Kier alpha value is -2.73. The molecule has 0 aromatic heterocycles. The van der Waals surface area contributed by atoms with Crippen LogP contribution in [0.25, 0.3) is 0 Å². The number of nitrogens with one attached hydrogen (secondary N) is 2. The Morgan fingerprint density at radius 2 is 1.59 bits per heavy atom. The van der Waals surface area contributed by atoms with Gasteiger partial charge in [-0.05, 0) is 82.3 Å². The lowest BCUT2D eigenvalue weighted by Gasteiger charge is -2.45. The van der Waals surface area contributed by atoms with Crippen molar-refractivity contribution in [3.05, 3.63) is 71.5 Å². The maximum atomic E-state index is 12.9. The number of rotatable bonds is 11. The fourth-order valence-electron chi connectivity index (χ4n) is 4.85. The average molecular weight is 468 g/mol. The maximum absolute atomic E-state index is 12.9. The normalized spacial score (nSPS) is 20.2. The molecule has 2 aromatic rings. The minimum atomic E-state index is -0.261. The van der Waals surface area contributed by atoms with Gasteiger partial charge in [0.05, 0.1) is 0 Å². The maximum Gasteiger partial charge on any atom is 0.220 e. The van der Waals surface area contributed by atoms with Crippen molar-refractivity contribution in [3.63, 3.8) is 0 Å². The van der Waals surface area contributed by atoms with Crippen LogP contribution in [0.4, 0.5) is 4.39 Å². The molecule has 1 saturated carbocycles. The van der Waals surface area contributed by atoms with E-state index in [4.69, 9.17) is 0 Å². The molecule has 3 rings (SSSR count). The van der Waals surface area contributed by atoms with Crippen molar-refractivity contribution < 1.29 is 14.0 Å². The van der Waals surface area contributed by atoms with E-state index in [1.54, 1.807) is 12.1 Å². The van der Waals surface area contributed by atoms with E-state index in [0.717, 1.165) is 37.7 Å². The molecule has 1 aliphatic rings. The van der Waals surface area contributed by atoms with Gasteiger partial charge in [0, 0.05) is 31.0 Å². The van der Waals surface area contributed by atoms with E-state index < -0.39 is 0 Å². The topological polar surface area (TPSA) is 61.4 Å². The minimum Gasteiger partial charge on any atom is -0.356 e. The number of nitrogens with zero attached hydrogens (tertiary/aromatic N) is 1. The molecule has 2 N–H and O–H groups in total. The number of carbonyl (C=O) groups excluding carboxylic acids is 2. The summed E-state index contributed by atoms with van der Waals surface area (Å²) in [4.78, 5) is 26.8. The number of hydrogen-bond acceptors (Lipinski definition) is 3. The Balaban J connectivity index is 1.32. The molecule has 0 heterocycles. The van der Waals surface area contributed by atoms with Crippen molar-refractivity contribution in [1.82, 2.24) is 15.5 Å². The Morgan fingerprint density at radius 3 is 2.24 bits per heavy atom. The lowest BCUT2D eigenvalue weighted by molar-refractivity contribution is -0.123. The number of carbonyl (C=O) groups is 2. The summed E-state index contributed by atoms with van der Waals surface area (Å²) in [5, 5.41) is 6.05. The standard InChI is InChI=1S/C28H38FN3O2/c1-32(2)28(21-23-7-4-3-5-8-23)18-15-25(16-19-28)31-27(34)10-6-9-26(33)30-20-17-22-11-13-24(29)14-12-22/h3-5,7-8,11-14,25H,6,9-10,15-21H2,1-2H3,(H,30,33)(H,31,34). The predicted octanol–water partition coefficient (Wildman–Crippen LogP) is 4.26. The summed E-state index contributed by atoms with van der Waals surface area (Å²) in [6.07, 6.45) is 6.97. The van der Waals surface area contributed by atoms with E-state index in [2.05, 4.69) is 60.0 Å². The fourth-order valence-corrected chi connectivity index (χ4v) is 4.85. The molecular formula is C28H38FN3O2. The SMILES string of the molecule is CN(C)C1(Cc2ccccc2)CCC(NC(=O)CCCC(=O)NCCc2ccc(F)cc2)CC1. The van der Waals surface area contributed by atoms with Crippen LogP contribution in [0.1, 0.15) is 56.1 Å². The molecule has 2 amide bonds. The molecule has 0 atom stereocenters. The van der Waals surface area contributed by atoms with Gasteiger partial charge in [-0.3, -0.25) is 9.59 Å². The summed E-state index contributed by atoms with van der Waals surface area (Å²) in [6, 6.07) is 17.1. The second-order valence-electron chi connectivity index (χ2n) is 9.70. The molecule has 0 aliphatic heterocycles. The van der Waals surface area contributed by atoms with Crippen LogP contribution in [-0.4, -0.2) is 48.9 Å². The Bertz CT molecular complexity index is 907. The molecular weight excluding hydrogens is 429 g/mol. The van der Waals surface area contributed by atoms with Crippen molar-refractivity contribution in [2.75, 3.05) is 20.6 Å². The van der Waals surface area contributed by atoms with E-state index in [1.165, 1.54) is 17.7 Å². The third kappa shape index (κ3) is 7.94. The van der Waals surface area contributed by atoms with Gasteiger partial charge in [-0.25, -0.2) is 4.39 Å². The molecule has 0 saturated heterocycles. The van der Waals surface area contributed by atoms with Gasteiger partial charge >= 0.3 is 0 Å². The van der Waals surface area contributed by atoms with Crippen LogP contribution >= 0.6 is 0 Å². The lowest BCUT2D eigenvalue weighted by Crippen LogP contribution is -2.52. The van der Waals surface area contributed by atoms with Gasteiger partial charge in [0.25, 0.3) is 0 Å². The smallest absolute Gasteiger partial charge is 0.220 e. The molecule has 0 unspecified atom stereocenters. The zero-order chi connectivity index (χ0) is 24.4. The molecule has 1 fully saturated rings. The number of hydrogen-bond donors (Lipinski definition) is 2. The van der Waals surface area contributed by atoms with Gasteiger partial charge in [-0.1, -0.05) is 42.5 Å². The van der Waals surface area contributed by atoms with Crippen molar-refractivity contribution in [3.8, 4) is 0 Å². The quantitative estimate of drug-likeness (QED) is 0.519. The van der Waals surface area contributed by atoms with Crippen molar-refractivity contribution in [1.29, 1.82) is 0 Å². The summed E-state index contributed by atoms with van der Waals surface area (Å²) in [7, 11) is 4.32. The fraction of sp³-hybridized carbons (Fsp3) is 0.500. The molecule has 2 aromatic carbocycles. The van der Waals surface area contributed by atoms with Crippen LogP contribution in [0.2, 0.25) is 0 Å². The van der Waals surface area contributed by atoms with E-state index in [1.807, 2.05) is 0 Å². The highest BCUT2D eigenvalue weighted by Crippen LogP contribution is 2.35. The Labute approximate surface area is 203 Å². The summed E-state index contributed by atoms with van der Waals surface area (Å²) in [5.74, 6) is -0.280. The number of amides is 2. The largest absolute Gasteiger partial charge is 0.356 e. The van der Waals surface area contributed by atoms with Crippen LogP contribution in [0.15, 0.2) is 54.6 Å². The molecule has 1 aliphatic carbocycles. The van der Waals surface area contributed by atoms with Crippen LogP contribution in [0.3, 0.4) is 0 Å². The van der Waals surface area contributed by atoms with Crippen molar-refractivity contribution in [2.45, 2.75) is 69.4 Å². The van der Waals surface area contributed by atoms with Gasteiger partial charge in [-0.15, -0.1) is 0 Å². The first-order valence-electron chi connectivity index (χ1n) is 12.4. The summed E-state index contributed by atoms with van der Waals surface area (Å²) in [5.41, 5.74) is 2.47. The minimum absolute atomic E-state index is 0.0320. The summed E-state index contributed by atoms with van der Waals surface area (Å²) >= 11 is 0. The zero-order valence-corrected chi connectivity index (χ0v) is 20.5. The molecule has 5 nitrogen and oxygen atoms in total. The predicted molar refractivity (Wildman–Crippen MR) is 134 cm³/mol. The van der Waals surface area contributed by atoms with E-state index >= 15 is 0 Å². The highest BCUT2D eigenvalue weighted by Gasteiger charge is 2.37. The average Bonchev–Trinajstić information content (AvgIpc) is 2.82. The van der Waals surface area contributed by atoms with Gasteiger partial charge in [-0.2, -0.15) is 0 Å². The van der Waals surface area contributed by atoms with E-state index in [9.17, 15) is 14.0 Å². The Kier molecular flexibility index (Phi) is 9.63. The van der Waals surface area contributed by atoms with E-state index in [0.29, 0.717) is 32.2 Å². The van der Waals surface area contributed by atoms with Crippen molar-refractivity contribution in [2.24, 2.45) is 0 Å². The molecule has 6 heteroatoms. The third-order valence-corrected chi connectivity index (χ3v) is 7.06. The molecule has 34 heavy (non-hydrogen) atoms. The van der Waals surface area contributed by atoms with Crippen LogP contribution in [0, 0.1) is 5.82 Å². The first-order valence-corrected chi connectivity index (χ1v) is 12.4. The van der Waals surface area contributed by atoms with Gasteiger partial charge < -0.3 is 15.5 Å². The van der Waals surface area contributed by atoms with Crippen LogP contribution in [0.5, 0.6) is 0 Å². The zero-order valence-electron chi connectivity index (χ0n) is 20.5. The van der Waals surface area contributed by atoms with Gasteiger partial charge in [0.15, 0.2) is 0 Å². The van der Waals surface area contributed by atoms with Crippen LogP contribution in [-0.2, 0) is 22.4 Å². The lowest BCUT2D eigenvalue weighted by atomic mass is 9.75. The van der Waals surface area contributed by atoms with E-state index in [-0.39, 0.29) is 29.2 Å². The highest BCUT2D eigenvalue weighted by molar-refractivity contribution is 5.79. The summed E-state index contributed by atoms with van der Waals surface area (Å²) < 4.78 is 12.9. The second kappa shape index (κ2) is 12.7. The molecule has 184 valence electrons. The second-order valence-corrected chi connectivity index (χ2v) is 9.70. The highest BCUT2D eigenvalue weighted by atomic mass is 19.1. The molecule has 0 radical (unpaired) electrons. The number of benzene rings is 2. The number of likely N-dealkylation sites (N-methyl/N-ethyl adjacent to an activating group) is 1. The van der Waals surface area contributed by atoms with Crippen molar-refractivity contribution >= 4 is 11.8 Å². The summed E-state index contributed by atoms with van der Waals surface area (Å²) in [6.45, 7) is 0.509. The number of halogens is 1. The molecule has 0 bridgehead atoms. The monoisotopic (exact) mass is 467 g/mol. The third-order valence-electron chi connectivity index (χ3n) is 7.06. The first kappa shape index (κ1) is 25.9. The molecule has 0 spiro atoms. The van der Waals surface area contributed by atoms with Gasteiger partial charge in [0.1, 0.15) is 5.82 Å². The van der Waals surface area contributed by atoms with Crippen LogP contribution < -0.4 is 10.6 Å². The first-order chi connectivity index (χ1) is 16.4. The Morgan fingerprint density at radius 1 is 0.941 bits per heavy atom.